The van der Waals surface area contributed by atoms with E-state index in [0.29, 0.717) is 17.1 Å². The van der Waals surface area contributed by atoms with Gasteiger partial charge in [0.05, 0.1) is 7.11 Å². The number of nitrogens with one attached hydrogen (secondary N) is 2. The van der Waals surface area contributed by atoms with Gasteiger partial charge in [-0.25, -0.2) is 4.79 Å². The minimum Gasteiger partial charge on any atom is -0.467 e. The van der Waals surface area contributed by atoms with Gasteiger partial charge in [0, 0.05) is 23.6 Å². The number of halogens is 1. The lowest BCUT2D eigenvalue weighted by molar-refractivity contribution is -0.145. The first-order valence-corrected chi connectivity index (χ1v) is 8.12. The third-order valence-corrected chi connectivity index (χ3v) is 3.49. The smallest absolute Gasteiger partial charge is 0.328 e. The molecule has 7 heteroatoms. The Balaban J connectivity index is 2.44. The molecule has 0 aliphatic rings. The molecule has 0 heterocycles. The highest BCUT2D eigenvalue weighted by Crippen LogP contribution is 2.13. The third-order valence-electron chi connectivity index (χ3n) is 3.24. The van der Waals surface area contributed by atoms with E-state index in [0.717, 1.165) is 0 Å². The molecule has 0 radical (unpaired) electrons. The molecule has 6 nitrogen and oxygen atoms in total. The zero-order chi connectivity index (χ0) is 18.1. The van der Waals surface area contributed by atoms with Crippen LogP contribution in [0.3, 0.4) is 0 Å². The first kappa shape index (κ1) is 20.0. The highest BCUT2D eigenvalue weighted by Gasteiger charge is 2.22. The molecule has 0 bridgehead atoms. The first-order chi connectivity index (χ1) is 11.3. The van der Waals surface area contributed by atoms with E-state index in [-0.39, 0.29) is 30.6 Å². The number of hydrogen-bond acceptors (Lipinski definition) is 4. The average molecular weight is 355 g/mol. The van der Waals surface area contributed by atoms with Crippen molar-refractivity contribution in [2.45, 2.75) is 39.2 Å². The molecule has 132 valence electrons. The van der Waals surface area contributed by atoms with Crippen LogP contribution in [0.1, 0.15) is 33.1 Å². The van der Waals surface area contributed by atoms with Gasteiger partial charge in [-0.3, -0.25) is 9.59 Å². The predicted molar refractivity (Wildman–Crippen MR) is 92.7 cm³/mol. The Morgan fingerprint density at radius 2 is 1.67 bits per heavy atom. The number of hydrogen-bond donors (Lipinski definition) is 2. The van der Waals surface area contributed by atoms with Crippen LogP contribution in [-0.2, 0) is 19.1 Å². The van der Waals surface area contributed by atoms with E-state index >= 15 is 0 Å². The van der Waals surface area contributed by atoms with Crippen LogP contribution in [0, 0.1) is 5.92 Å². The molecule has 0 aliphatic heterocycles. The van der Waals surface area contributed by atoms with Crippen LogP contribution >= 0.6 is 11.6 Å². The summed E-state index contributed by atoms with van der Waals surface area (Å²) in [7, 11) is 1.28. The van der Waals surface area contributed by atoms with E-state index in [2.05, 4.69) is 15.4 Å². The molecule has 2 amide bonds. The third kappa shape index (κ3) is 7.46. The summed E-state index contributed by atoms with van der Waals surface area (Å²) in [5.74, 6) is -0.909. The summed E-state index contributed by atoms with van der Waals surface area (Å²) in [6.45, 7) is 3.89. The van der Waals surface area contributed by atoms with Crippen molar-refractivity contribution in [2.24, 2.45) is 5.92 Å². The number of rotatable bonds is 8. The second-order valence-electron chi connectivity index (χ2n) is 5.83. The summed E-state index contributed by atoms with van der Waals surface area (Å²) in [5.41, 5.74) is 0.608. The van der Waals surface area contributed by atoms with Gasteiger partial charge in [-0.05, 0) is 36.6 Å². The van der Waals surface area contributed by atoms with E-state index in [1.54, 1.807) is 24.3 Å². The van der Waals surface area contributed by atoms with Gasteiger partial charge in [-0.1, -0.05) is 25.4 Å². The molecule has 0 fully saturated rings. The van der Waals surface area contributed by atoms with Gasteiger partial charge < -0.3 is 15.4 Å². The van der Waals surface area contributed by atoms with Crippen molar-refractivity contribution in [3.8, 4) is 0 Å². The van der Waals surface area contributed by atoms with E-state index in [1.807, 2.05) is 13.8 Å². The van der Waals surface area contributed by atoms with Crippen LogP contribution in [0.15, 0.2) is 24.3 Å². The van der Waals surface area contributed by atoms with Crippen LogP contribution in [0.4, 0.5) is 5.69 Å². The van der Waals surface area contributed by atoms with E-state index in [4.69, 9.17) is 11.6 Å². The van der Waals surface area contributed by atoms with Gasteiger partial charge >= 0.3 is 5.97 Å². The van der Waals surface area contributed by atoms with Gasteiger partial charge in [-0.15, -0.1) is 0 Å². The van der Waals surface area contributed by atoms with Crippen LogP contribution < -0.4 is 10.6 Å². The monoisotopic (exact) mass is 354 g/mol. The van der Waals surface area contributed by atoms with E-state index in [1.165, 1.54) is 7.11 Å². The van der Waals surface area contributed by atoms with E-state index in [9.17, 15) is 14.4 Å². The molecule has 0 spiro atoms. The molecule has 0 saturated heterocycles. The van der Waals surface area contributed by atoms with Gasteiger partial charge in [0.25, 0.3) is 0 Å². The molecule has 1 atom stereocenters. The molecule has 2 N–H and O–H groups in total. The molecule has 0 aliphatic carbocycles. The predicted octanol–water partition coefficient (Wildman–Crippen LogP) is 2.76. The molecule has 1 rings (SSSR count). The second kappa shape index (κ2) is 9.93. The fraction of sp³-hybridized carbons (Fsp3) is 0.471. The fourth-order valence-corrected chi connectivity index (χ4v) is 2.20. The normalized spacial score (nSPS) is 11.7. The molecule has 0 saturated carbocycles. The van der Waals surface area contributed by atoms with Crippen molar-refractivity contribution in [3.05, 3.63) is 29.3 Å². The average Bonchev–Trinajstić information content (AvgIpc) is 2.53. The lowest BCUT2D eigenvalue weighted by Crippen LogP contribution is -2.42. The van der Waals surface area contributed by atoms with Gasteiger partial charge in [0.2, 0.25) is 11.8 Å². The van der Waals surface area contributed by atoms with Crippen molar-refractivity contribution in [3.63, 3.8) is 0 Å². The van der Waals surface area contributed by atoms with Crippen molar-refractivity contribution in [2.75, 3.05) is 12.4 Å². The molecular formula is C17H23ClN2O4. The summed E-state index contributed by atoms with van der Waals surface area (Å²) in [6, 6.07) is 5.99. The van der Waals surface area contributed by atoms with Gasteiger partial charge in [0.15, 0.2) is 0 Å². The molecule has 1 aromatic rings. The Bertz CT molecular complexity index is 572. The Kier molecular flexibility index (Phi) is 8.26. The number of carbonyl (C=O) groups is 3. The number of carbonyl (C=O) groups excluding carboxylic acids is 3. The highest BCUT2D eigenvalue weighted by atomic mass is 35.5. The molecule has 1 aromatic carbocycles. The van der Waals surface area contributed by atoms with Crippen molar-refractivity contribution in [1.29, 1.82) is 0 Å². The minimum atomic E-state index is -0.693. The number of methoxy groups -OCH3 is 1. The Labute approximate surface area is 146 Å². The standard InChI is InChI=1S/C17H23ClN2O4/c1-11(2)10-14(17(23)24-3)20-16(22)9-8-15(21)19-13-6-4-12(18)5-7-13/h4-7,11,14H,8-10H2,1-3H3,(H,19,21)(H,20,22). The number of benzene rings is 1. The summed E-state index contributed by atoms with van der Waals surface area (Å²) >= 11 is 5.77. The molecule has 0 aromatic heterocycles. The molecule has 24 heavy (non-hydrogen) atoms. The topological polar surface area (TPSA) is 84.5 Å². The van der Waals surface area contributed by atoms with Crippen molar-refractivity contribution in [1.82, 2.24) is 5.32 Å². The number of amides is 2. The highest BCUT2D eigenvalue weighted by molar-refractivity contribution is 6.30. The van der Waals surface area contributed by atoms with Crippen molar-refractivity contribution >= 4 is 35.1 Å². The number of anilines is 1. The SMILES string of the molecule is COC(=O)C(CC(C)C)NC(=O)CCC(=O)Nc1ccc(Cl)cc1. The molecule has 1 unspecified atom stereocenters. The van der Waals surface area contributed by atoms with Gasteiger partial charge in [-0.2, -0.15) is 0 Å². The zero-order valence-electron chi connectivity index (χ0n) is 14.1. The zero-order valence-corrected chi connectivity index (χ0v) is 14.9. The van der Waals surface area contributed by atoms with Crippen molar-refractivity contribution < 1.29 is 19.1 Å². The Morgan fingerprint density at radius 3 is 2.21 bits per heavy atom. The fourth-order valence-electron chi connectivity index (χ4n) is 2.08. The lowest BCUT2D eigenvalue weighted by atomic mass is 10.0. The van der Waals surface area contributed by atoms with Gasteiger partial charge in [0.1, 0.15) is 6.04 Å². The second-order valence-corrected chi connectivity index (χ2v) is 6.26. The minimum absolute atomic E-state index is 0.00892. The Morgan fingerprint density at radius 1 is 1.08 bits per heavy atom. The number of esters is 1. The van der Waals surface area contributed by atoms with E-state index < -0.39 is 12.0 Å². The summed E-state index contributed by atoms with van der Waals surface area (Å²) in [5, 5.41) is 5.86. The lowest BCUT2D eigenvalue weighted by Gasteiger charge is -2.18. The maximum Gasteiger partial charge on any atom is 0.328 e. The summed E-state index contributed by atoms with van der Waals surface area (Å²) < 4.78 is 4.68. The molecular weight excluding hydrogens is 332 g/mol. The first-order valence-electron chi connectivity index (χ1n) is 7.74. The van der Waals surface area contributed by atoms with Crippen LogP contribution in [0.25, 0.3) is 0 Å². The quantitative estimate of drug-likeness (QED) is 0.703. The van der Waals surface area contributed by atoms with Crippen LogP contribution in [-0.4, -0.2) is 30.9 Å². The Hall–Kier alpha value is -2.08. The maximum absolute atomic E-state index is 11.9. The summed E-state index contributed by atoms with van der Waals surface area (Å²) in [4.78, 5) is 35.4. The van der Waals surface area contributed by atoms with Crippen LogP contribution in [0.2, 0.25) is 5.02 Å². The maximum atomic E-state index is 11.9. The van der Waals surface area contributed by atoms with Crippen LogP contribution in [0.5, 0.6) is 0 Å². The number of ether oxygens (including phenoxy) is 1. The largest absolute Gasteiger partial charge is 0.467 e. The summed E-state index contributed by atoms with van der Waals surface area (Å²) in [6.07, 6.45) is 0.491.